The molecule has 3 aromatic rings. The molecule has 0 aliphatic carbocycles. The van der Waals surface area contributed by atoms with Gasteiger partial charge in [-0.1, -0.05) is 47.5 Å². The first kappa shape index (κ1) is 20.1. The molecule has 0 spiro atoms. The highest BCUT2D eigenvalue weighted by Crippen LogP contribution is 2.32. The second-order valence-corrected chi connectivity index (χ2v) is 7.58. The van der Waals surface area contributed by atoms with E-state index in [1.807, 2.05) is 0 Å². The van der Waals surface area contributed by atoms with Gasteiger partial charge in [0.1, 0.15) is 11.5 Å². The van der Waals surface area contributed by atoms with Crippen molar-refractivity contribution in [1.82, 2.24) is 4.90 Å². The molecule has 0 saturated heterocycles. The van der Waals surface area contributed by atoms with Crippen LogP contribution in [-0.2, 0) is 16.1 Å². The Morgan fingerprint density at radius 1 is 0.767 bits per heavy atom. The smallest absolute Gasteiger partial charge is 0.278 e. The molecule has 0 bridgehead atoms. The van der Waals surface area contributed by atoms with Crippen LogP contribution >= 0.6 is 23.2 Å². The zero-order chi connectivity index (χ0) is 21.3. The summed E-state index contributed by atoms with van der Waals surface area (Å²) in [5, 5.41) is 4.07. The van der Waals surface area contributed by atoms with E-state index in [1.165, 1.54) is 29.2 Å². The third-order valence-electron chi connectivity index (χ3n) is 4.67. The van der Waals surface area contributed by atoms with Crippen molar-refractivity contribution in [3.05, 3.63) is 105 Å². The second kappa shape index (κ2) is 8.30. The monoisotopic (exact) mass is 440 g/mol. The molecule has 2 amide bonds. The van der Waals surface area contributed by atoms with Crippen LogP contribution in [0.3, 0.4) is 0 Å². The van der Waals surface area contributed by atoms with Crippen LogP contribution in [-0.4, -0.2) is 16.7 Å². The fraction of sp³-hybridized carbons (Fsp3) is 0.0435. The number of anilines is 1. The van der Waals surface area contributed by atoms with Gasteiger partial charge in [-0.15, -0.1) is 0 Å². The van der Waals surface area contributed by atoms with Gasteiger partial charge >= 0.3 is 0 Å². The van der Waals surface area contributed by atoms with Gasteiger partial charge in [-0.25, -0.2) is 4.39 Å². The zero-order valence-corrected chi connectivity index (χ0v) is 17.0. The minimum absolute atomic E-state index is 0.0977. The largest absolute Gasteiger partial charge is 0.350 e. The first-order valence-corrected chi connectivity index (χ1v) is 9.81. The molecule has 1 aliphatic heterocycles. The number of hydrogen-bond acceptors (Lipinski definition) is 3. The van der Waals surface area contributed by atoms with Crippen LogP contribution in [0, 0.1) is 5.82 Å². The van der Waals surface area contributed by atoms with Crippen molar-refractivity contribution in [3.8, 4) is 0 Å². The number of carbonyl (C=O) groups is 2. The number of benzene rings is 3. The molecule has 1 N–H and O–H groups in total. The molecule has 1 aliphatic rings. The van der Waals surface area contributed by atoms with Gasteiger partial charge in [0.25, 0.3) is 11.8 Å². The molecule has 1 heterocycles. The van der Waals surface area contributed by atoms with Crippen molar-refractivity contribution >= 4 is 46.3 Å². The summed E-state index contributed by atoms with van der Waals surface area (Å²) in [6.07, 6.45) is 0. The maximum absolute atomic E-state index is 13.3. The number of carbonyl (C=O) groups excluding carboxylic acids is 2. The summed E-state index contributed by atoms with van der Waals surface area (Å²) in [5.74, 6) is -1.29. The lowest BCUT2D eigenvalue weighted by atomic mass is 10.0. The van der Waals surface area contributed by atoms with Crippen LogP contribution in [0.25, 0.3) is 5.57 Å². The Morgan fingerprint density at radius 3 is 1.93 bits per heavy atom. The highest BCUT2D eigenvalue weighted by molar-refractivity contribution is 6.37. The molecule has 7 heteroatoms. The molecule has 4 nitrogen and oxygen atoms in total. The quantitative estimate of drug-likeness (QED) is 0.531. The topological polar surface area (TPSA) is 49.4 Å². The van der Waals surface area contributed by atoms with E-state index in [9.17, 15) is 14.0 Å². The Balaban J connectivity index is 1.72. The van der Waals surface area contributed by atoms with E-state index in [-0.39, 0.29) is 17.8 Å². The predicted molar refractivity (Wildman–Crippen MR) is 115 cm³/mol. The van der Waals surface area contributed by atoms with E-state index in [0.29, 0.717) is 21.3 Å². The average Bonchev–Trinajstić information content (AvgIpc) is 2.96. The summed E-state index contributed by atoms with van der Waals surface area (Å²) in [7, 11) is 0. The van der Waals surface area contributed by atoms with Crippen molar-refractivity contribution in [2.24, 2.45) is 0 Å². The summed E-state index contributed by atoms with van der Waals surface area (Å²) in [5.41, 5.74) is 2.17. The molecule has 3 aromatic carbocycles. The lowest BCUT2D eigenvalue weighted by Gasteiger charge is -2.15. The molecular formula is C23H15Cl2FN2O2. The molecule has 0 unspecified atom stereocenters. The number of hydrogen-bond donors (Lipinski definition) is 1. The molecular weight excluding hydrogens is 426 g/mol. The number of rotatable bonds is 5. The van der Waals surface area contributed by atoms with Gasteiger partial charge < -0.3 is 5.32 Å². The van der Waals surface area contributed by atoms with Crippen LogP contribution in [0.4, 0.5) is 10.1 Å². The number of halogens is 3. The Kier molecular flexibility index (Phi) is 5.57. The van der Waals surface area contributed by atoms with Crippen molar-refractivity contribution in [2.45, 2.75) is 6.54 Å². The van der Waals surface area contributed by atoms with Gasteiger partial charge in [-0.3, -0.25) is 14.5 Å². The van der Waals surface area contributed by atoms with Gasteiger partial charge in [-0.2, -0.15) is 0 Å². The van der Waals surface area contributed by atoms with Crippen LogP contribution in [0.1, 0.15) is 11.1 Å². The first-order chi connectivity index (χ1) is 14.4. The van der Waals surface area contributed by atoms with Gasteiger partial charge in [0.05, 0.1) is 12.1 Å². The minimum atomic E-state index is -0.468. The van der Waals surface area contributed by atoms with Crippen molar-refractivity contribution in [1.29, 1.82) is 0 Å². The van der Waals surface area contributed by atoms with Crippen molar-refractivity contribution in [2.75, 3.05) is 5.32 Å². The third kappa shape index (κ3) is 4.08. The van der Waals surface area contributed by atoms with Crippen LogP contribution in [0.15, 0.2) is 78.5 Å². The molecule has 0 fully saturated rings. The standard InChI is InChI=1S/C23H15Cl2FN2O2/c24-16-5-1-14(2-6-16)13-28-22(29)20(15-3-7-17(25)8-4-15)21(23(28)30)27-19-11-9-18(26)10-12-19/h1-12,27H,13H2. The van der Waals surface area contributed by atoms with E-state index in [0.717, 1.165) is 5.56 Å². The van der Waals surface area contributed by atoms with E-state index in [4.69, 9.17) is 23.2 Å². The maximum atomic E-state index is 13.3. The van der Waals surface area contributed by atoms with E-state index < -0.39 is 17.6 Å². The molecule has 0 radical (unpaired) electrons. The van der Waals surface area contributed by atoms with E-state index in [1.54, 1.807) is 48.5 Å². The maximum Gasteiger partial charge on any atom is 0.278 e. The normalized spacial score (nSPS) is 13.9. The number of imide groups is 1. The predicted octanol–water partition coefficient (Wildman–Crippen LogP) is 5.52. The lowest BCUT2D eigenvalue weighted by molar-refractivity contribution is -0.137. The van der Waals surface area contributed by atoms with Crippen molar-refractivity contribution in [3.63, 3.8) is 0 Å². The molecule has 150 valence electrons. The number of amides is 2. The Morgan fingerprint density at radius 2 is 1.33 bits per heavy atom. The summed E-state index contributed by atoms with van der Waals surface area (Å²) in [6, 6.07) is 19.1. The number of nitrogens with zero attached hydrogens (tertiary/aromatic N) is 1. The SMILES string of the molecule is O=C1C(Nc2ccc(F)cc2)=C(c2ccc(Cl)cc2)C(=O)N1Cc1ccc(Cl)cc1. The summed E-state index contributed by atoms with van der Waals surface area (Å²) in [6.45, 7) is 0.0977. The first-order valence-electron chi connectivity index (χ1n) is 9.06. The van der Waals surface area contributed by atoms with E-state index >= 15 is 0 Å². The fourth-order valence-electron chi connectivity index (χ4n) is 3.17. The van der Waals surface area contributed by atoms with Gasteiger partial charge in [0, 0.05) is 15.7 Å². The summed E-state index contributed by atoms with van der Waals surface area (Å²) < 4.78 is 13.3. The van der Waals surface area contributed by atoms with Gasteiger partial charge in [-0.05, 0) is 59.7 Å². The third-order valence-corrected chi connectivity index (χ3v) is 5.17. The highest BCUT2D eigenvalue weighted by atomic mass is 35.5. The molecule has 0 aromatic heterocycles. The molecule has 4 rings (SSSR count). The van der Waals surface area contributed by atoms with Crippen LogP contribution < -0.4 is 5.32 Å². The van der Waals surface area contributed by atoms with Crippen molar-refractivity contribution < 1.29 is 14.0 Å². The Hall–Kier alpha value is -3.15. The molecule has 30 heavy (non-hydrogen) atoms. The molecule has 0 saturated carbocycles. The molecule has 0 atom stereocenters. The summed E-state index contributed by atoms with van der Waals surface area (Å²) >= 11 is 11.9. The lowest BCUT2D eigenvalue weighted by Crippen LogP contribution is -2.32. The number of nitrogens with one attached hydrogen (secondary N) is 1. The van der Waals surface area contributed by atoms with E-state index in [2.05, 4.69) is 5.32 Å². The summed E-state index contributed by atoms with van der Waals surface area (Å²) in [4.78, 5) is 27.5. The fourth-order valence-corrected chi connectivity index (χ4v) is 3.42. The second-order valence-electron chi connectivity index (χ2n) is 6.71. The van der Waals surface area contributed by atoms with Crippen LogP contribution in [0.5, 0.6) is 0 Å². The van der Waals surface area contributed by atoms with Crippen LogP contribution in [0.2, 0.25) is 10.0 Å². The Labute approximate surface area is 182 Å². The average molecular weight is 441 g/mol. The Bertz CT molecular complexity index is 1140. The van der Waals surface area contributed by atoms with Gasteiger partial charge in [0.15, 0.2) is 0 Å². The minimum Gasteiger partial charge on any atom is -0.350 e. The zero-order valence-electron chi connectivity index (χ0n) is 15.5. The van der Waals surface area contributed by atoms with Gasteiger partial charge in [0.2, 0.25) is 0 Å². The highest BCUT2D eigenvalue weighted by Gasteiger charge is 2.39.